The summed E-state index contributed by atoms with van der Waals surface area (Å²) in [6, 6.07) is 0. The van der Waals surface area contributed by atoms with Gasteiger partial charge in [0.05, 0.1) is 0 Å². The number of nitrogens with two attached hydrogens (primary N) is 3. The Morgan fingerprint density at radius 1 is 1.50 bits per heavy atom. The van der Waals surface area contributed by atoms with E-state index < -0.39 is 34.9 Å². The molecular formula is C18H20N10O5S3. The number of hydrogen-bond donors (Lipinski definition) is 6. The van der Waals surface area contributed by atoms with Crippen LogP contribution < -0.4 is 22.6 Å². The number of amidine groups is 2. The molecule has 9 N–H and O–H groups in total. The predicted molar refractivity (Wildman–Crippen MR) is 136 cm³/mol. The average molecular weight is 553 g/mol. The number of carboxylic acids is 1. The molecule has 0 radical (unpaired) electrons. The molecule has 3 atom stereocenters. The van der Waals surface area contributed by atoms with Gasteiger partial charge in [-0.1, -0.05) is 17.4 Å². The van der Waals surface area contributed by atoms with Crippen LogP contribution >= 0.6 is 35.3 Å². The number of amides is 2. The lowest BCUT2D eigenvalue weighted by Gasteiger charge is -2.55. The molecular weight excluding hydrogens is 532 g/mol. The number of anilines is 1. The van der Waals surface area contributed by atoms with Gasteiger partial charge in [-0.2, -0.15) is 0 Å². The van der Waals surface area contributed by atoms with Crippen molar-refractivity contribution in [3.63, 3.8) is 0 Å². The lowest BCUT2D eigenvalue weighted by atomic mass is 9.87. The monoisotopic (exact) mass is 552 g/mol. The zero-order valence-electron chi connectivity index (χ0n) is 18.5. The molecule has 15 nitrogen and oxygen atoms in total. The molecule has 18 heteroatoms. The number of fused-ring (bicyclic) bond motifs is 1. The number of nitrogens with one attached hydrogen (secondary N) is 2. The fourth-order valence-electron chi connectivity index (χ4n) is 3.85. The van der Waals surface area contributed by atoms with Gasteiger partial charge in [-0.05, 0) is 0 Å². The number of thioether (sulfide) groups is 1. The highest BCUT2D eigenvalue weighted by Crippen LogP contribution is 2.46. The Morgan fingerprint density at radius 3 is 2.81 bits per heavy atom. The van der Waals surface area contributed by atoms with Crippen LogP contribution in [0.3, 0.4) is 0 Å². The second-order valence-electron chi connectivity index (χ2n) is 7.67. The Hall–Kier alpha value is -3.45. The smallest absolute Gasteiger partial charge is 0.353 e. The first kappa shape index (κ1) is 25.6. The quantitative estimate of drug-likeness (QED) is 0.0739. The summed E-state index contributed by atoms with van der Waals surface area (Å²) in [6.45, 7) is 0. The number of rotatable bonds is 7. The van der Waals surface area contributed by atoms with Crippen molar-refractivity contribution in [1.82, 2.24) is 20.2 Å². The molecule has 36 heavy (non-hydrogen) atoms. The normalized spacial score (nSPS) is 26.2. The number of oxime groups is 1. The third kappa shape index (κ3) is 4.01. The molecule has 1 fully saturated rings. The van der Waals surface area contributed by atoms with Crippen molar-refractivity contribution in [2.24, 2.45) is 21.7 Å². The number of nitrogens with zero attached hydrogens (tertiary/aromatic N) is 5. The number of aliphatic imine (C=N–C) groups is 1. The highest BCUT2D eigenvalue weighted by Gasteiger charge is 2.65. The van der Waals surface area contributed by atoms with Gasteiger partial charge in [-0.25, -0.2) is 20.6 Å². The van der Waals surface area contributed by atoms with Crippen LogP contribution in [-0.4, -0.2) is 90.5 Å². The molecule has 1 aromatic heterocycles. The SMILES string of the molecule is CON=C(C(=O)NC1(C=S)C(=O)N2C(C(=O)O)=C(C3=NC(=N)CC(N)N3N)CS[C@H]21)c1csc(N)n1. The summed E-state index contributed by atoms with van der Waals surface area (Å²) in [5, 5.41) is 27.1. The van der Waals surface area contributed by atoms with E-state index in [2.05, 4.69) is 20.4 Å². The third-order valence-corrected chi connectivity index (χ3v) is 7.89. The van der Waals surface area contributed by atoms with Crippen LogP contribution in [0, 0.1) is 5.41 Å². The summed E-state index contributed by atoms with van der Waals surface area (Å²) in [5.74, 6) is 2.90. The molecule has 0 aliphatic carbocycles. The summed E-state index contributed by atoms with van der Waals surface area (Å²) in [4.78, 5) is 52.6. The van der Waals surface area contributed by atoms with Crippen LogP contribution in [0.2, 0.25) is 0 Å². The number of carbonyl (C=O) groups excluding carboxylic acids is 2. The van der Waals surface area contributed by atoms with Gasteiger partial charge in [-0.15, -0.1) is 23.1 Å². The molecule has 1 saturated heterocycles. The van der Waals surface area contributed by atoms with Crippen molar-refractivity contribution in [3.8, 4) is 0 Å². The number of thiazole rings is 1. The maximum atomic E-state index is 13.4. The number of thiocarbonyl (C=S) groups is 1. The highest BCUT2D eigenvalue weighted by atomic mass is 32.2. The van der Waals surface area contributed by atoms with Crippen LogP contribution in [-0.2, 0) is 19.2 Å². The first-order chi connectivity index (χ1) is 17.0. The van der Waals surface area contributed by atoms with Crippen molar-refractivity contribution in [2.75, 3.05) is 18.6 Å². The van der Waals surface area contributed by atoms with E-state index in [-0.39, 0.29) is 51.7 Å². The lowest BCUT2D eigenvalue weighted by Crippen LogP contribution is -2.81. The Morgan fingerprint density at radius 2 is 2.22 bits per heavy atom. The van der Waals surface area contributed by atoms with Crippen LogP contribution in [0.4, 0.5) is 5.13 Å². The van der Waals surface area contributed by atoms with Gasteiger partial charge in [0.25, 0.3) is 11.8 Å². The molecule has 0 aromatic carbocycles. The number of aliphatic carboxylic acids is 1. The molecule has 2 unspecified atom stereocenters. The van der Waals surface area contributed by atoms with Gasteiger partial charge < -0.3 is 26.7 Å². The van der Waals surface area contributed by atoms with E-state index in [0.29, 0.717) is 0 Å². The molecule has 0 spiro atoms. The summed E-state index contributed by atoms with van der Waals surface area (Å²) in [6.07, 6.45) is -0.718. The number of carbonyl (C=O) groups is 3. The van der Waals surface area contributed by atoms with Gasteiger partial charge in [0.2, 0.25) is 0 Å². The molecule has 1 aromatic rings. The number of carboxylic acid groups (broad SMARTS) is 1. The minimum absolute atomic E-state index is 0.0191. The van der Waals surface area contributed by atoms with Gasteiger partial charge in [0, 0.05) is 28.5 Å². The zero-order valence-corrected chi connectivity index (χ0v) is 20.9. The topological polar surface area (TPSA) is 239 Å². The Labute approximate surface area is 216 Å². The van der Waals surface area contributed by atoms with Crippen LogP contribution in [0.5, 0.6) is 0 Å². The fraction of sp³-hybridized carbons (Fsp3) is 0.333. The second-order valence-corrected chi connectivity index (χ2v) is 9.86. The Kier molecular flexibility index (Phi) is 6.80. The van der Waals surface area contributed by atoms with E-state index >= 15 is 0 Å². The number of nitrogen functional groups attached to an aromatic ring is 1. The maximum Gasteiger partial charge on any atom is 0.353 e. The van der Waals surface area contributed by atoms with E-state index in [1.165, 1.54) is 12.5 Å². The van der Waals surface area contributed by atoms with E-state index in [9.17, 15) is 19.5 Å². The molecule has 4 rings (SSSR count). The van der Waals surface area contributed by atoms with Crippen molar-refractivity contribution in [2.45, 2.75) is 23.5 Å². The zero-order chi connectivity index (χ0) is 26.4. The maximum absolute atomic E-state index is 13.4. The van der Waals surface area contributed by atoms with E-state index in [4.69, 9.17) is 39.8 Å². The first-order valence-electron chi connectivity index (χ1n) is 10.0. The molecule has 3 aliphatic heterocycles. The predicted octanol–water partition coefficient (Wildman–Crippen LogP) is -1.58. The largest absolute Gasteiger partial charge is 0.477 e. The molecule has 0 saturated carbocycles. The second kappa shape index (κ2) is 9.54. The van der Waals surface area contributed by atoms with Gasteiger partial charge in [0.1, 0.15) is 35.9 Å². The molecule has 190 valence electrons. The van der Waals surface area contributed by atoms with Crippen molar-refractivity contribution in [1.29, 1.82) is 5.41 Å². The van der Waals surface area contributed by atoms with Crippen LogP contribution in [0.1, 0.15) is 12.1 Å². The molecule has 2 amide bonds. The number of β-lactam (4-membered cyclic amide) rings is 1. The summed E-state index contributed by atoms with van der Waals surface area (Å²) in [5.41, 5.74) is 9.47. The van der Waals surface area contributed by atoms with E-state index in [1.807, 2.05) is 0 Å². The Balaban J connectivity index is 1.69. The Bertz CT molecular complexity index is 1280. The number of hydrazine groups is 1. The van der Waals surface area contributed by atoms with Crippen LogP contribution in [0.25, 0.3) is 0 Å². The van der Waals surface area contributed by atoms with Gasteiger partial charge in [0.15, 0.2) is 22.2 Å². The molecule has 4 heterocycles. The number of hydrogen-bond acceptors (Lipinski definition) is 14. The van der Waals surface area contributed by atoms with Crippen molar-refractivity contribution < 1.29 is 24.3 Å². The summed E-state index contributed by atoms with van der Waals surface area (Å²) in [7, 11) is 1.23. The molecule has 0 bridgehead atoms. The minimum Gasteiger partial charge on any atom is -0.477 e. The number of aromatic nitrogens is 1. The lowest BCUT2D eigenvalue weighted by molar-refractivity contribution is -0.153. The first-order valence-corrected chi connectivity index (χ1v) is 12.4. The fourth-order valence-corrected chi connectivity index (χ4v) is 6.21. The van der Waals surface area contributed by atoms with E-state index in [1.54, 1.807) is 0 Å². The minimum atomic E-state index is -1.72. The van der Waals surface area contributed by atoms with Crippen molar-refractivity contribution >= 4 is 81.0 Å². The standard InChI is InChI=1S/C18H20N10O5S3/c1-33-26-10(7-4-36-17(21)23-7)13(29)25-18(5-34)15(32)27-11(14(30)31)6(3-35-16(18)27)12-24-8(19)2-9(20)28(12)22/h4-5,9,16,19H,2-3,20,22H2,1H3,(H2,21,23)(H,25,29)(H,30,31)/t9?,16-,18?/m0/s1. The van der Waals surface area contributed by atoms with Crippen molar-refractivity contribution in [3.05, 3.63) is 22.3 Å². The average Bonchev–Trinajstić information content (AvgIpc) is 3.27. The summed E-state index contributed by atoms with van der Waals surface area (Å²) >= 11 is 7.33. The molecule has 3 aliphatic rings. The van der Waals surface area contributed by atoms with Crippen LogP contribution in [0.15, 0.2) is 26.8 Å². The highest BCUT2D eigenvalue weighted by molar-refractivity contribution is 8.00. The summed E-state index contributed by atoms with van der Waals surface area (Å²) < 4.78 is 0. The van der Waals surface area contributed by atoms with E-state index in [0.717, 1.165) is 38.4 Å². The van der Waals surface area contributed by atoms with Gasteiger partial charge in [-0.3, -0.25) is 24.9 Å². The van der Waals surface area contributed by atoms with Gasteiger partial charge >= 0.3 is 5.97 Å². The third-order valence-electron chi connectivity index (χ3n) is 5.50.